The Hall–Kier alpha value is -0.980. The van der Waals surface area contributed by atoms with Gasteiger partial charge in [-0.15, -0.1) is 3.89 Å². The highest BCUT2D eigenvalue weighted by Crippen LogP contribution is 2.12. The summed E-state index contributed by atoms with van der Waals surface area (Å²) in [5, 5.41) is 0. The molecule has 2 rings (SSSR count). The lowest BCUT2D eigenvalue weighted by atomic mass is 10.2. The fourth-order valence-corrected chi connectivity index (χ4v) is 2.73. The normalized spacial score (nSPS) is 21.9. The average molecular weight is 273 g/mol. The highest BCUT2D eigenvalue weighted by atomic mass is 32.3. The van der Waals surface area contributed by atoms with Gasteiger partial charge in [0, 0.05) is 19.6 Å². The predicted molar refractivity (Wildman–Crippen MR) is 66.4 cm³/mol. The second kappa shape index (κ2) is 5.77. The maximum absolute atomic E-state index is 12.6. The van der Waals surface area contributed by atoms with Gasteiger partial charge < -0.3 is 4.74 Å². The summed E-state index contributed by atoms with van der Waals surface area (Å²) in [6.45, 7) is 2.34. The van der Waals surface area contributed by atoms with Crippen LogP contribution in [0.3, 0.4) is 0 Å². The minimum Gasteiger partial charge on any atom is -0.374 e. The van der Waals surface area contributed by atoms with Crippen LogP contribution in [-0.4, -0.2) is 44.9 Å². The molecular weight excluding hydrogens is 257 g/mol. The molecule has 0 saturated carbocycles. The van der Waals surface area contributed by atoms with Crippen molar-refractivity contribution in [2.24, 2.45) is 0 Å². The van der Waals surface area contributed by atoms with Crippen LogP contribution in [-0.2, 0) is 21.5 Å². The van der Waals surface area contributed by atoms with Crippen molar-refractivity contribution in [2.75, 3.05) is 25.4 Å². The molecule has 4 nitrogen and oxygen atoms in total. The Morgan fingerprint density at radius 2 is 2.06 bits per heavy atom. The van der Waals surface area contributed by atoms with E-state index in [2.05, 4.69) is 4.90 Å². The Balaban J connectivity index is 1.91. The van der Waals surface area contributed by atoms with E-state index in [-0.39, 0.29) is 0 Å². The molecule has 1 aliphatic heterocycles. The second-order valence-electron chi connectivity index (χ2n) is 4.42. The molecule has 1 fully saturated rings. The minimum absolute atomic E-state index is 0.438. The molecule has 1 atom stereocenters. The maximum Gasteiger partial charge on any atom is 0.305 e. The van der Waals surface area contributed by atoms with Gasteiger partial charge in [0.2, 0.25) is 0 Å². The van der Waals surface area contributed by atoms with Gasteiger partial charge in [0.15, 0.2) is 0 Å². The summed E-state index contributed by atoms with van der Waals surface area (Å²) >= 11 is 0. The van der Waals surface area contributed by atoms with E-state index in [9.17, 15) is 12.3 Å². The van der Waals surface area contributed by atoms with E-state index in [0.29, 0.717) is 13.2 Å². The first-order valence-corrected chi connectivity index (χ1v) is 7.38. The third-order valence-corrected chi connectivity index (χ3v) is 3.63. The zero-order chi connectivity index (χ0) is 13.0. The lowest BCUT2D eigenvalue weighted by Gasteiger charge is -2.32. The van der Waals surface area contributed by atoms with Crippen LogP contribution in [0.2, 0.25) is 0 Å². The largest absolute Gasteiger partial charge is 0.374 e. The first kappa shape index (κ1) is 13.5. The topological polar surface area (TPSA) is 46.6 Å². The molecule has 1 aliphatic rings. The van der Waals surface area contributed by atoms with Gasteiger partial charge in [-0.1, -0.05) is 30.3 Å². The van der Waals surface area contributed by atoms with E-state index in [1.807, 2.05) is 30.3 Å². The summed E-state index contributed by atoms with van der Waals surface area (Å²) in [6.07, 6.45) is -0.572. The highest BCUT2D eigenvalue weighted by molar-refractivity contribution is 7.86. The summed E-state index contributed by atoms with van der Waals surface area (Å²) in [7, 11) is -4.47. The molecule has 0 aliphatic carbocycles. The monoisotopic (exact) mass is 273 g/mol. The number of hydrogen-bond donors (Lipinski definition) is 0. The molecule has 0 spiro atoms. The van der Waals surface area contributed by atoms with Crippen molar-refractivity contribution < 1.29 is 17.0 Å². The summed E-state index contributed by atoms with van der Waals surface area (Å²) < 4.78 is 39.1. The molecule has 1 saturated heterocycles. The van der Waals surface area contributed by atoms with Crippen molar-refractivity contribution in [3.63, 3.8) is 0 Å². The molecule has 100 valence electrons. The van der Waals surface area contributed by atoms with Crippen LogP contribution in [0.25, 0.3) is 0 Å². The van der Waals surface area contributed by atoms with Gasteiger partial charge in [0.1, 0.15) is 5.75 Å². The van der Waals surface area contributed by atoms with E-state index in [1.165, 1.54) is 0 Å². The number of ether oxygens (including phenoxy) is 1. The van der Waals surface area contributed by atoms with Crippen LogP contribution in [0, 0.1) is 0 Å². The second-order valence-corrected chi connectivity index (χ2v) is 5.83. The van der Waals surface area contributed by atoms with Gasteiger partial charge in [-0.3, -0.25) is 4.90 Å². The maximum atomic E-state index is 12.6. The Kier molecular flexibility index (Phi) is 4.31. The van der Waals surface area contributed by atoms with E-state index in [0.717, 1.165) is 18.7 Å². The predicted octanol–water partition coefficient (Wildman–Crippen LogP) is 1.19. The lowest BCUT2D eigenvalue weighted by Crippen LogP contribution is -2.44. The van der Waals surface area contributed by atoms with Crippen molar-refractivity contribution in [1.82, 2.24) is 4.90 Å². The number of nitrogens with zero attached hydrogens (tertiary/aromatic N) is 1. The fraction of sp³-hybridized carbons (Fsp3) is 0.500. The van der Waals surface area contributed by atoms with E-state index in [4.69, 9.17) is 4.74 Å². The van der Waals surface area contributed by atoms with Crippen LogP contribution in [0.15, 0.2) is 30.3 Å². The highest BCUT2D eigenvalue weighted by Gasteiger charge is 2.25. The molecule has 18 heavy (non-hydrogen) atoms. The van der Waals surface area contributed by atoms with E-state index < -0.39 is 22.1 Å². The Morgan fingerprint density at radius 3 is 2.72 bits per heavy atom. The average Bonchev–Trinajstić information content (AvgIpc) is 2.28. The van der Waals surface area contributed by atoms with Gasteiger partial charge in [-0.2, -0.15) is 8.42 Å². The van der Waals surface area contributed by atoms with Crippen molar-refractivity contribution in [3.05, 3.63) is 35.9 Å². The molecule has 0 aromatic heterocycles. The standard InChI is InChI=1S/C12H16FNO3S/c13-18(15,16)10-12-9-14(6-7-17-12)8-11-4-2-1-3-5-11/h1-5,12H,6-10H2. The number of rotatable bonds is 4. The molecule has 0 radical (unpaired) electrons. The molecule has 0 bridgehead atoms. The van der Waals surface area contributed by atoms with Gasteiger partial charge in [-0.05, 0) is 5.56 Å². The van der Waals surface area contributed by atoms with Crippen molar-refractivity contribution in [1.29, 1.82) is 0 Å². The van der Waals surface area contributed by atoms with Crippen LogP contribution in [0.4, 0.5) is 3.89 Å². The van der Waals surface area contributed by atoms with E-state index >= 15 is 0 Å². The number of benzene rings is 1. The van der Waals surface area contributed by atoms with Gasteiger partial charge in [0.05, 0.1) is 12.7 Å². The van der Waals surface area contributed by atoms with Gasteiger partial charge in [-0.25, -0.2) is 0 Å². The summed E-state index contributed by atoms with van der Waals surface area (Å²) in [5.74, 6) is -0.557. The SMILES string of the molecule is O=S(=O)(F)CC1CN(Cc2ccccc2)CCO1. The van der Waals surface area contributed by atoms with Gasteiger partial charge >= 0.3 is 10.2 Å². The quantitative estimate of drug-likeness (QED) is 0.773. The molecule has 1 unspecified atom stereocenters. The summed E-state index contributed by atoms with van der Waals surface area (Å²) in [5.41, 5.74) is 1.15. The summed E-state index contributed by atoms with van der Waals surface area (Å²) in [4.78, 5) is 2.08. The number of halogens is 1. The molecule has 1 aromatic carbocycles. The van der Waals surface area contributed by atoms with E-state index in [1.54, 1.807) is 0 Å². The van der Waals surface area contributed by atoms with Crippen molar-refractivity contribution in [2.45, 2.75) is 12.6 Å². The van der Waals surface area contributed by atoms with Crippen LogP contribution >= 0.6 is 0 Å². The Morgan fingerprint density at radius 1 is 1.33 bits per heavy atom. The number of hydrogen-bond acceptors (Lipinski definition) is 4. The third kappa shape index (κ3) is 4.36. The van der Waals surface area contributed by atoms with Crippen LogP contribution in [0.5, 0.6) is 0 Å². The number of morpholine rings is 1. The fourth-order valence-electron chi connectivity index (χ4n) is 2.09. The Labute approximate surface area is 107 Å². The smallest absolute Gasteiger partial charge is 0.305 e. The molecule has 0 amide bonds. The van der Waals surface area contributed by atoms with Crippen LogP contribution in [0.1, 0.15) is 5.56 Å². The molecule has 1 aromatic rings. The zero-order valence-corrected chi connectivity index (χ0v) is 10.8. The molecular formula is C12H16FNO3S. The first-order chi connectivity index (χ1) is 8.53. The lowest BCUT2D eigenvalue weighted by molar-refractivity contribution is -0.0197. The molecule has 0 N–H and O–H groups in total. The third-order valence-electron chi connectivity index (χ3n) is 2.86. The van der Waals surface area contributed by atoms with Gasteiger partial charge in [0.25, 0.3) is 0 Å². The van der Waals surface area contributed by atoms with Crippen molar-refractivity contribution >= 4 is 10.2 Å². The zero-order valence-electron chi connectivity index (χ0n) is 9.96. The van der Waals surface area contributed by atoms with Crippen molar-refractivity contribution in [3.8, 4) is 0 Å². The first-order valence-electron chi connectivity index (χ1n) is 5.83. The molecule has 1 heterocycles. The van der Waals surface area contributed by atoms with Crippen LogP contribution < -0.4 is 0 Å². The summed E-state index contributed by atoms with van der Waals surface area (Å²) in [6, 6.07) is 9.88. The Bertz CT molecular complexity index is 477. The molecule has 6 heteroatoms. The minimum atomic E-state index is -4.47.